The topological polar surface area (TPSA) is 62.8 Å². The van der Waals surface area contributed by atoms with Crippen molar-refractivity contribution >= 4 is 36.5 Å². The van der Waals surface area contributed by atoms with Crippen molar-refractivity contribution in [2.24, 2.45) is 0 Å². The van der Waals surface area contributed by atoms with Gasteiger partial charge in [0.25, 0.3) is 0 Å². The van der Waals surface area contributed by atoms with E-state index in [1.165, 1.54) is 5.69 Å². The fourth-order valence-electron chi connectivity index (χ4n) is 4.63. The molecule has 3 aromatic rings. The second-order valence-electron chi connectivity index (χ2n) is 12.7. The summed E-state index contributed by atoms with van der Waals surface area (Å²) in [6, 6.07) is 14.5. The maximum absolute atomic E-state index is 6.68. The first-order valence-electron chi connectivity index (χ1n) is 14.2. The quantitative estimate of drug-likeness (QED) is 0.271. The van der Waals surface area contributed by atoms with Gasteiger partial charge in [0.05, 0.1) is 6.10 Å². The molecule has 1 aliphatic rings. The van der Waals surface area contributed by atoms with Crippen LogP contribution < -0.4 is 15.0 Å². The second kappa shape index (κ2) is 12.2. The fraction of sp³-hybridized carbons (Fsp3) is 0.548. The lowest BCUT2D eigenvalue weighted by atomic mass is 9.95. The highest BCUT2D eigenvalue weighted by atomic mass is 28.4. The Hall–Kier alpha value is -2.68. The van der Waals surface area contributed by atoms with Gasteiger partial charge in [-0.05, 0) is 88.2 Å². The zero-order valence-electron chi connectivity index (χ0n) is 25.1. The molecule has 0 saturated heterocycles. The first kappa shape index (κ1) is 29.3. The van der Waals surface area contributed by atoms with Crippen LogP contribution >= 0.6 is 0 Å². The number of fused-ring (bicyclic) bond motifs is 1. The minimum absolute atomic E-state index is 0.179. The van der Waals surface area contributed by atoms with Crippen LogP contribution in [0, 0.1) is 0 Å². The Labute approximate surface area is 236 Å². The lowest BCUT2D eigenvalue weighted by Gasteiger charge is -2.41. The van der Waals surface area contributed by atoms with Gasteiger partial charge in [-0.15, -0.1) is 0 Å². The maximum atomic E-state index is 6.68. The third-order valence-electron chi connectivity index (χ3n) is 8.20. The first-order chi connectivity index (χ1) is 18.4. The summed E-state index contributed by atoms with van der Waals surface area (Å²) < 4.78 is 13.2. The highest BCUT2D eigenvalue weighted by molar-refractivity contribution is 6.74. The van der Waals surface area contributed by atoms with Crippen molar-refractivity contribution in [2.75, 3.05) is 44.4 Å². The van der Waals surface area contributed by atoms with E-state index in [0.717, 1.165) is 61.1 Å². The molecule has 39 heavy (non-hydrogen) atoms. The van der Waals surface area contributed by atoms with Gasteiger partial charge in [0.1, 0.15) is 11.3 Å². The Balaban J connectivity index is 1.39. The number of para-hydroxylation sites is 1. The number of aromatic nitrogens is 2. The average Bonchev–Trinajstić information content (AvgIpc) is 2.88. The highest BCUT2D eigenvalue weighted by Gasteiger charge is 2.40. The van der Waals surface area contributed by atoms with E-state index in [1.54, 1.807) is 0 Å². The Morgan fingerprint density at radius 1 is 0.923 bits per heavy atom. The van der Waals surface area contributed by atoms with E-state index in [1.807, 2.05) is 24.4 Å². The molecule has 0 bridgehead atoms. The van der Waals surface area contributed by atoms with E-state index in [2.05, 4.69) is 99.4 Å². The summed E-state index contributed by atoms with van der Waals surface area (Å²) >= 11 is 0. The van der Waals surface area contributed by atoms with E-state index in [0.29, 0.717) is 12.1 Å². The minimum Gasteiger partial charge on any atom is -0.488 e. The Morgan fingerprint density at radius 2 is 1.59 bits per heavy atom. The Morgan fingerprint density at radius 3 is 2.23 bits per heavy atom. The van der Waals surface area contributed by atoms with Crippen LogP contribution in [0.15, 0.2) is 48.7 Å². The third kappa shape index (κ3) is 7.71. The average molecular weight is 550 g/mol. The van der Waals surface area contributed by atoms with Crippen molar-refractivity contribution in [1.29, 1.82) is 0 Å². The van der Waals surface area contributed by atoms with Crippen LogP contribution in [0.3, 0.4) is 0 Å². The molecule has 0 amide bonds. The van der Waals surface area contributed by atoms with Crippen molar-refractivity contribution in [3.8, 4) is 5.75 Å². The van der Waals surface area contributed by atoms with Crippen molar-refractivity contribution in [2.45, 2.75) is 76.8 Å². The normalized spacial score (nSPS) is 18.4. The van der Waals surface area contributed by atoms with Crippen LogP contribution in [0.4, 0.5) is 17.3 Å². The molecule has 0 atom stereocenters. The van der Waals surface area contributed by atoms with Crippen molar-refractivity contribution in [1.82, 2.24) is 14.9 Å². The molecule has 1 heterocycles. The molecular weight excluding hydrogens is 502 g/mol. The number of likely N-dealkylation sites (N-methyl/N-ethyl adjacent to an activating group) is 2. The summed E-state index contributed by atoms with van der Waals surface area (Å²) in [5, 5.41) is 4.58. The number of hydrogen-bond acceptors (Lipinski definition) is 7. The molecule has 4 rings (SSSR count). The van der Waals surface area contributed by atoms with Crippen LogP contribution in [-0.4, -0.2) is 69.6 Å². The summed E-state index contributed by atoms with van der Waals surface area (Å²) in [7, 11) is 4.56. The molecule has 0 radical (unpaired) electrons. The number of nitrogens with one attached hydrogen (secondary N) is 1. The number of ether oxygens (including phenoxy) is 1. The molecule has 8 heteroatoms. The second-order valence-corrected chi connectivity index (χ2v) is 17.4. The number of nitrogens with zero attached hydrogens (tertiary/aromatic N) is 4. The van der Waals surface area contributed by atoms with Gasteiger partial charge in [0.15, 0.2) is 8.32 Å². The summed E-state index contributed by atoms with van der Waals surface area (Å²) in [4.78, 5) is 13.9. The van der Waals surface area contributed by atoms with Crippen LogP contribution in [0.5, 0.6) is 5.75 Å². The molecule has 0 spiro atoms. The van der Waals surface area contributed by atoms with Gasteiger partial charge in [0.2, 0.25) is 5.95 Å². The van der Waals surface area contributed by atoms with Gasteiger partial charge in [-0.3, -0.25) is 0 Å². The highest BCUT2D eigenvalue weighted by Crippen LogP contribution is 2.39. The van der Waals surface area contributed by atoms with E-state index < -0.39 is 8.32 Å². The van der Waals surface area contributed by atoms with Crippen LogP contribution in [0.25, 0.3) is 10.9 Å². The summed E-state index contributed by atoms with van der Waals surface area (Å²) in [6.45, 7) is 13.6. The van der Waals surface area contributed by atoms with Crippen LogP contribution in [0.1, 0.15) is 46.5 Å². The largest absolute Gasteiger partial charge is 0.488 e. The van der Waals surface area contributed by atoms with Crippen molar-refractivity contribution in [3.63, 3.8) is 0 Å². The number of anilines is 3. The molecule has 2 aromatic carbocycles. The van der Waals surface area contributed by atoms with E-state index in [-0.39, 0.29) is 11.1 Å². The monoisotopic (exact) mass is 549 g/mol. The van der Waals surface area contributed by atoms with Gasteiger partial charge in [-0.2, -0.15) is 0 Å². The van der Waals surface area contributed by atoms with E-state index in [4.69, 9.17) is 14.1 Å². The molecule has 1 aromatic heterocycles. The van der Waals surface area contributed by atoms with Crippen molar-refractivity contribution in [3.05, 3.63) is 48.7 Å². The Kier molecular flexibility index (Phi) is 9.19. The van der Waals surface area contributed by atoms with Crippen molar-refractivity contribution < 1.29 is 9.16 Å². The summed E-state index contributed by atoms with van der Waals surface area (Å²) in [5.74, 6) is 1.39. The first-order valence-corrected chi connectivity index (χ1v) is 17.2. The molecule has 1 N–H and O–H groups in total. The van der Waals surface area contributed by atoms with Gasteiger partial charge >= 0.3 is 0 Å². The smallest absolute Gasteiger partial charge is 0.227 e. The predicted octanol–water partition coefficient (Wildman–Crippen LogP) is 7.08. The number of rotatable bonds is 10. The fourth-order valence-corrected chi connectivity index (χ4v) is 6.05. The SMILES string of the molecule is CN(C)CCN(C)c1ccc(Nc2ncc3cccc(OC4CCC(O[Si](C)(C)C(C)(C)C)CC4)c3n2)cc1. The third-order valence-corrected chi connectivity index (χ3v) is 12.7. The molecular formula is C31H47N5O2Si. The van der Waals surface area contributed by atoms with Gasteiger partial charge in [0, 0.05) is 49.2 Å². The maximum Gasteiger partial charge on any atom is 0.227 e. The van der Waals surface area contributed by atoms with Gasteiger partial charge in [-0.1, -0.05) is 32.9 Å². The number of benzene rings is 2. The van der Waals surface area contributed by atoms with E-state index in [9.17, 15) is 0 Å². The lowest BCUT2D eigenvalue weighted by molar-refractivity contribution is 0.0732. The van der Waals surface area contributed by atoms with Gasteiger partial charge < -0.3 is 24.3 Å². The molecule has 7 nitrogen and oxygen atoms in total. The van der Waals surface area contributed by atoms with Gasteiger partial charge in [-0.25, -0.2) is 9.97 Å². The summed E-state index contributed by atoms with van der Waals surface area (Å²) in [5.41, 5.74) is 2.98. The van der Waals surface area contributed by atoms with Crippen LogP contribution in [0.2, 0.25) is 18.1 Å². The molecule has 1 saturated carbocycles. The Bertz CT molecular complexity index is 1220. The molecule has 0 unspecified atom stereocenters. The zero-order valence-corrected chi connectivity index (χ0v) is 26.1. The molecule has 1 fully saturated rings. The molecule has 0 aliphatic heterocycles. The summed E-state index contributed by atoms with van der Waals surface area (Å²) in [6.07, 6.45) is 6.48. The van der Waals surface area contributed by atoms with Crippen LogP contribution in [-0.2, 0) is 4.43 Å². The minimum atomic E-state index is -1.75. The predicted molar refractivity (Wildman–Crippen MR) is 166 cm³/mol. The molecule has 212 valence electrons. The lowest BCUT2D eigenvalue weighted by Crippen LogP contribution is -2.45. The zero-order chi connectivity index (χ0) is 28.2. The molecule has 1 aliphatic carbocycles. The van der Waals surface area contributed by atoms with E-state index >= 15 is 0 Å². The number of hydrogen-bond donors (Lipinski definition) is 1. The standard InChI is InChI=1S/C31H47N5O2Si/c1-31(2,3)39(7,8)38-27-18-16-26(17-19-27)37-28-11-9-10-23-22-32-30(34-29(23)28)33-24-12-14-25(15-13-24)36(6)21-20-35(4)5/h9-15,22,26-27H,16-21H2,1-8H3,(H,32,33,34).